The summed E-state index contributed by atoms with van der Waals surface area (Å²) in [4.78, 5) is 15.9. The van der Waals surface area contributed by atoms with E-state index in [9.17, 15) is 22.4 Å². The third kappa shape index (κ3) is 4.58. The average molecular weight is 344 g/mol. The lowest BCUT2D eigenvalue weighted by Crippen LogP contribution is -2.24. The summed E-state index contributed by atoms with van der Waals surface area (Å²) in [5.41, 5.74) is -0.0453. The third-order valence-corrected chi connectivity index (χ3v) is 2.90. The van der Waals surface area contributed by atoms with Gasteiger partial charge >= 0.3 is 6.36 Å². The second kappa shape index (κ2) is 7.16. The van der Waals surface area contributed by atoms with Crippen LogP contribution < -0.4 is 14.8 Å². The highest BCUT2D eigenvalue weighted by molar-refractivity contribution is 5.96. The Labute approximate surface area is 134 Å². The largest absolute Gasteiger partial charge is 0.573 e. The molecule has 0 spiro atoms. The quantitative estimate of drug-likeness (QED) is 0.847. The summed E-state index contributed by atoms with van der Waals surface area (Å²) < 4.78 is 58.9. The molecule has 1 amide bonds. The van der Waals surface area contributed by atoms with Crippen LogP contribution in [0.25, 0.3) is 0 Å². The number of rotatable bonds is 5. The number of carbonyl (C=O) groups is 1. The molecule has 1 aromatic carbocycles. The van der Waals surface area contributed by atoms with Crippen LogP contribution in [0.1, 0.15) is 15.9 Å². The summed E-state index contributed by atoms with van der Waals surface area (Å²) in [7, 11) is 1.33. The summed E-state index contributed by atoms with van der Waals surface area (Å²) in [6.07, 6.45) is -3.46. The molecule has 128 valence electrons. The maximum absolute atomic E-state index is 13.7. The van der Waals surface area contributed by atoms with Gasteiger partial charge in [0.1, 0.15) is 17.1 Å². The fourth-order valence-corrected chi connectivity index (χ4v) is 1.88. The van der Waals surface area contributed by atoms with E-state index in [4.69, 9.17) is 4.74 Å². The highest BCUT2D eigenvalue weighted by Gasteiger charge is 2.31. The number of benzene rings is 1. The first-order valence-corrected chi connectivity index (χ1v) is 6.61. The lowest BCUT2D eigenvalue weighted by Gasteiger charge is -2.12. The molecule has 1 aromatic heterocycles. The van der Waals surface area contributed by atoms with E-state index in [1.54, 1.807) is 0 Å². The number of halogens is 4. The second-order valence-electron chi connectivity index (χ2n) is 4.54. The van der Waals surface area contributed by atoms with E-state index >= 15 is 0 Å². The van der Waals surface area contributed by atoms with E-state index in [2.05, 4.69) is 15.0 Å². The average Bonchev–Trinajstić information content (AvgIpc) is 2.53. The van der Waals surface area contributed by atoms with E-state index in [1.807, 2.05) is 0 Å². The van der Waals surface area contributed by atoms with Gasteiger partial charge in [0.15, 0.2) is 0 Å². The molecule has 9 heteroatoms. The van der Waals surface area contributed by atoms with E-state index in [1.165, 1.54) is 25.4 Å². The maximum Gasteiger partial charge on any atom is 0.573 e. The van der Waals surface area contributed by atoms with Gasteiger partial charge in [0.2, 0.25) is 5.88 Å². The van der Waals surface area contributed by atoms with Crippen LogP contribution >= 0.6 is 0 Å². The highest BCUT2D eigenvalue weighted by atomic mass is 19.4. The van der Waals surface area contributed by atoms with Gasteiger partial charge < -0.3 is 14.8 Å². The number of aromatic nitrogens is 1. The molecule has 0 radical (unpaired) electrons. The number of nitrogens with one attached hydrogen (secondary N) is 1. The number of hydrogen-bond donors (Lipinski definition) is 1. The van der Waals surface area contributed by atoms with Crippen LogP contribution in [0.3, 0.4) is 0 Å². The molecule has 0 aliphatic carbocycles. The first kappa shape index (κ1) is 17.5. The Hall–Kier alpha value is -2.84. The van der Waals surface area contributed by atoms with Crippen LogP contribution in [0.2, 0.25) is 0 Å². The number of hydrogen-bond acceptors (Lipinski definition) is 4. The zero-order valence-corrected chi connectivity index (χ0v) is 12.4. The first-order chi connectivity index (χ1) is 11.3. The van der Waals surface area contributed by atoms with Crippen molar-refractivity contribution in [3.8, 4) is 11.6 Å². The molecule has 0 fully saturated rings. The molecule has 1 heterocycles. The predicted octanol–water partition coefficient (Wildman–Crippen LogP) is 3.06. The van der Waals surface area contributed by atoms with Crippen molar-refractivity contribution in [2.24, 2.45) is 0 Å². The van der Waals surface area contributed by atoms with Crippen LogP contribution in [0.4, 0.5) is 17.6 Å². The normalized spacial score (nSPS) is 11.0. The molecule has 0 unspecified atom stereocenters. The Kier molecular flexibility index (Phi) is 5.22. The van der Waals surface area contributed by atoms with Crippen molar-refractivity contribution in [2.45, 2.75) is 12.9 Å². The van der Waals surface area contributed by atoms with Crippen molar-refractivity contribution >= 4 is 5.91 Å². The lowest BCUT2D eigenvalue weighted by molar-refractivity contribution is -0.274. The Morgan fingerprint density at radius 2 is 2.04 bits per heavy atom. The minimum absolute atomic E-state index is 0.0737. The third-order valence-electron chi connectivity index (χ3n) is 2.90. The Bertz CT molecular complexity index is 735. The van der Waals surface area contributed by atoms with Crippen LogP contribution in [0, 0.1) is 5.82 Å². The second-order valence-corrected chi connectivity index (χ2v) is 4.54. The molecule has 1 N–H and O–H groups in total. The monoisotopic (exact) mass is 344 g/mol. The molecule has 0 bridgehead atoms. The van der Waals surface area contributed by atoms with Gasteiger partial charge in [-0.1, -0.05) is 0 Å². The summed E-state index contributed by atoms with van der Waals surface area (Å²) >= 11 is 0. The molecule has 2 aromatic rings. The molecular weight excluding hydrogens is 332 g/mol. The molecule has 2 rings (SSSR count). The first-order valence-electron chi connectivity index (χ1n) is 6.61. The smallest absolute Gasteiger partial charge is 0.480 e. The molecule has 5 nitrogen and oxygen atoms in total. The number of amides is 1. The zero-order chi connectivity index (χ0) is 17.7. The van der Waals surface area contributed by atoms with Crippen LogP contribution in [0.15, 0.2) is 36.5 Å². The van der Waals surface area contributed by atoms with Crippen LogP contribution in [0.5, 0.6) is 11.6 Å². The molecule has 0 aliphatic heterocycles. The number of ether oxygens (including phenoxy) is 2. The van der Waals surface area contributed by atoms with Gasteiger partial charge in [0.05, 0.1) is 7.11 Å². The van der Waals surface area contributed by atoms with E-state index in [0.717, 1.165) is 18.2 Å². The Balaban J connectivity index is 2.11. The van der Waals surface area contributed by atoms with Crippen molar-refractivity contribution in [3.05, 3.63) is 53.5 Å². The summed E-state index contributed by atoms with van der Waals surface area (Å²) in [6, 6.07) is 5.49. The van der Waals surface area contributed by atoms with E-state index < -0.39 is 23.8 Å². The number of alkyl halides is 3. The summed E-state index contributed by atoms with van der Waals surface area (Å²) in [6.45, 7) is -0.336. The van der Waals surface area contributed by atoms with E-state index in [-0.39, 0.29) is 23.6 Å². The SMILES string of the molecule is COc1ncccc1C(=O)NCc1cc(OC(F)(F)F)ccc1F. The fraction of sp³-hybridized carbons (Fsp3) is 0.200. The van der Waals surface area contributed by atoms with Crippen molar-refractivity contribution in [2.75, 3.05) is 7.11 Å². The van der Waals surface area contributed by atoms with Gasteiger partial charge in [0.25, 0.3) is 5.91 Å². The molecule has 0 atom stereocenters. The number of pyridine rings is 1. The minimum Gasteiger partial charge on any atom is -0.480 e. The molecule has 0 saturated carbocycles. The molecule has 0 aliphatic rings. The van der Waals surface area contributed by atoms with Crippen molar-refractivity contribution in [3.63, 3.8) is 0 Å². The van der Waals surface area contributed by atoms with Gasteiger partial charge in [-0.05, 0) is 30.3 Å². The van der Waals surface area contributed by atoms with Crippen molar-refractivity contribution in [1.29, 1.82) is 0 Å². The van der Waals surface area contributed by atoms with Gasteiger partial charge in [-0.2, -0.15) is 0 Å². The number of methoxy groups -OCH3 is 1. The summed E-state index contributed by atoms with van der Waals surface area (Å²) in [5, 5.41) is 2.39. The molecular formula is C15H12F4N2O3. The van der Waals surface area contributed by atoms with Crippen molar-refractivity contribution in [1.82, 2.24) is 10.3 Å². The van der Waals surface area contributed by atoms with E-state index in [0.29, 0.717) is 0 Å². The number of carbonyl (C=O) groups excluding carboxylic acids is 1. The van der Waals surface area contributed by atoms with Gasteiger partial charge in [-0.15, -0.1) is 13.2 Å². The van der Waals surface area contributed by atoms with Gasteiger partial charge in [0, 0.05) is 18.3 Å². The number of nitrogens with zero attached hydrogens (tertiary/aromatic N) is 1. The fourth-order valence-electron chi connectivity index (χ4n) is 1.88. The van der Waals surface area contributed by atoms with Gasteiger partial charge in [-0.25, -0.2) is 9.37 Å². The Morgan fingerprint density at radius 3 is 2.71 bits per heavy atom. The topological polar surface area (TPSA) is 60.5 Å². The van der Waals surface area contributed by atoms with Crippen LogP contribution in [-0.2, 0) is 6.54 Å². The Morgan fingerprint density at radius 1 is 1.29 bits per heavy atom. The van der Waals surface area contributed by atoms with Crippen LogP contribution in [-0.4, -0.2) is 24.4 Å². The zero-order valence-electron chi connectivity index (χ0n) is 12.4. The highest BCUT2D eigenvalue weighted by Crippen LogP contribution is 2.24. The lowest BCUT2D eigenvalue weighted by atomic mass is 10.2. The molecule has 24 heavy (non-hydrogen) atoms. The molecule has 0 saturated heterocycles. The maximum atomic E-state index is 13.7. The van der Waals surface area contributed by atoms with Crippen molar-refractivity contribution < 1.29 is 31.8 Å². The summed E-state index contributed by atoms with van der Waals surface area (Å²) in [5.74, 6) is -1.89. The van der Waals surface area contributed by atoms with Gasteiger partial charge in [-0.3, -0.25) is 4.79 Å². The minimum atomic E-state index is -4.89. The predicted molar refractivity (Wildman–Crippen MR) is 75.0 cm³/mol. The standard InChI is InChI=1S/C15H12F4N2O3/c1-23-14-11(3-2-6-20-14)13(22)21-8-9-7-10(4-5-12(9)16)24-15(17,18)19/h2-7H,8H2,1H3,(H,21,22).